The van der Waals surface area contributed by atoms with Crippen molar-refractivity contribution in [2.45, 2.75) is 33.4 Å². The minimum atomic E-state index is -0.535. The van der Waals surface area contributed by atoms with Crippen molar-refractivity contribution in [3.05, 3.63) is 59.4 Å². The van der Waals surface area contributed by atoms with Crippen LogP contribution in [-0.2, 0) is 11.3 Å². The van der Waals surface area contributed by atoms with Crippen LogP contribution in [0, 0.1) is 13.8 Å². The van der Waals surface area contributed by atoms with Crippen LogP contribution < -0.4 is 10.1 Å². The largest absolute Gasteiger partial charge is 0.481 e. The van der Waals surface area contributed by atoms with Gasteiger partial charge in [0, 0.05) is 18.9 Å². The SMILES string of the molecule is Cc1cccc(OC(C)C(=O)NCc2ccncc2)c1C. The van der Waals surface area contributed by atoms with E-state index in [9.17, 15) is 4.79 Å². The lowest BCUT2D eigenvalue weighted by atomic mass is 10.1. The Hall–Kier alpha value is -2.36. The van der Waals surface area contributed by atoms with E-state index in [0.717, 1.165) is 22.4 Å². The number of hydrogen-bond donors (Lipinski definition) is 1. The third kappa shape index (κ3) is 4.05. The van der Waals surface area contributed by atoms with E-state index < -0.39 is 6.10 Å². The molecule has 1 aromatic heterocycles. The molecule has 1 aromatic carbocycles. The van der Waals surface area contributed by atoms with Crippen LogP contribution in [0.4, 0.5) is 0 Å². The molecule has 110 valence electrons. The zero-order valence-corrected chi connectivity index (χ0v) is 12.6. The molecule has 1 amide bonds. The molecule has 1 atom stereocenters. The lowest BCUT2D eigenvalue weighted by molar-refractivity contribution is -0.127. The topological polar surface area (TPSA) is 51.2 Å². The fourth-order valence-corrected chi connectivity index (χ4v) is 1.93. The molecule has 21 heavy (non-hydrogen) atoms. The van der Waals surface area contributed by atoms with E-state index in [1.54, 1.807) is 19.3 Å². The van der Waals surface area contributed by atoms with Gasteiger partial charge in [-0.15, -0.1) is 0 Å². The van der Waals surface area contributed by atoms with E-state index in [1.807, 2.05) is 44.2 Å². The van der Waals surface area contributed by atoms with Gasteiger partial charge in [-0.05, 0) is 55.7 Å². The van der Waals surface area contributed by atoms with Gasteiger partial charge in [-0.1, -0.05) is 12.1 Å². The highest BCUT2D eigenvalue weighted by Crippen LogP contribution is 2.21. The minimum absolute atomic E-state index is 0.132. The van der Waals surface area contributed by atoms with Gasteiger partial charge in [0.05, 0.1) is 0 Å². The summed E-state index contributed by atoms with van der Waals surface area (Å²) in [5, 5.41) is 2.86. The number of pyridine rings is 1. The molecular formula is C17H20N2O2. The van der Waals surface area contributed by atoms with E-state index in [-0.39, 0.29) is 5.91 Å². The molecule has 0 aliphatic rings. The van der Waals surface area contributed by atoms with Crippen LogP contribution in [0.5, 0.6) is 5.75 Å². The molecule has 0 saturated carbocycles. The van der Waals surface area contributed by atoms with Gasteiger partial charge < -0.3 is 10.1 Å². The minimum Gasteiger partial charge on any atom is -0.481 e. The first-order chi connectivity index (χ1) is 10.1. The Morgan fingerprint density at radius 1 is 1.24 bits per heavy atom. The quantitative estimate of drug-likeness (QED) is 0.918. The van der Waals surface area contributed by atoms with Crippen molar-refractivity contribution < 1.29 is 9.53 Å². The molecule has 1 N–H and O–H groups in total. The predicted octanol–water partition coefficient (Wildman–Crippen LogP) is 2.78. The number of ether oxygens (including phenoxy) is 1. The van der Waals surface area contributed by atoms with Crippen LogP contribution in [0.1, 0.15) is 23.6 Å². The lowest BCUT2D eigenvalue weighted by Crippen LogP contribution is -2.36. The molecule has 4 heteroatoms. The normalized spacial score (nSPS) is 11.8. The fourth-order valence-electron chi connectivity index (χ4n) is 1.93. The molecule has 0 bridgehead atoms. The Bertz CT molecular complexity index is 611. The molecular weight excluding hydrogens is 264 g/mol. The number of hydrogen-bond acceptors (Lipinski definition) is 3. The Morgan fingerprint density at radius 3 is 2.67 bits per heavy atom. The lowest BCUT2D eigenvalue weighted by Gasteiger charge is -2.17. The van der Waals surface area contributed by atoms with Crippen LogP contribution in [0.2, 0.25) is 0 Å². The Kier molecular flexibility index (Phi) is 4.93. The number of carbonyl (C=O) groups is 1. The molecule has 2 rings (SSSR count). The molecule has 0 saturated heterocycles. The van der Waals surface area contributed by atoms with Gasteiger partial charge in [0.2, 0.25) is 0 Å². The summed E-state index contributed by atoms with van der Waals surface area (Å²) in [7, 11) is 0. The van der Waals surface area contributed by atoms with Gasteiger partial charge in [0.25, 0.3) is 5.91 Å². The fraction of sp³-hybridized carbons (Fsp3) is 0.294. The maximum atomic E-state index is 12.1. The molecule has 4 nitrogen and oxygen atoms in total. The average Bonchev–Trinajstić information content (AvgIpc) is 2.50. The third-order valence-corrected chi connectivity index (χ3v) is 3.44. The van der Waals surface area contributed by atoms with Crippen molar-refractivity contribution in [1.29, 1.82) is 0 Å². The van der Waals surface area contributed by atoms with Crippen LogP contribution in [0.15, 0.2) is 42.7 Å². The zero-order chi connectivity index (χ0) is 15.2. The molecule has 0 aliphatic carbocycles. The number of benzene rings is 1. The van der Waals surface area contributed by atoms with Gasteiger partial charge in [-0.3, -0.25) is 9.78 Å². The number of nitrogens with one attached hydrogen (secondary N) is 1. The van der Waals surface area contributed by atoms with E-state index in [4.69, 9.17) is 4.74 Å². The zero-order valence-electron chi connectivity index (χ0n) is 12.6. The third-order valence-electron chi connectivity index (χ3n) is 3.44. The Morgan fingerprint density at radius 2 is 1.95 bits per heavy atom. The second kappa shape index (κ2) is 6.88. The first-order valence-electron chi connectivity index (χ1n) is 6.97. The number of amides is 1. The summed E-state index contributed by atoms with van der Waals surface area (Å²) in [6, 6.07) is 9.58. The molecule has 2 aromatic rings. The summed E-state index contributed by atoms with van der Waals surface area (Å²) in [5.74, 6) is 0.620. The van der Waals surface area contributed by atoms with Crippen LogP contribution in [0.3, 0.4) is 0 Å². The standard InChI is InChI=1S/C17H20N2O2/c1-12-5-4-6-16(13(12)2)21-14(3)17(20)19-11-15-7-9-18-10-8-15/h4-10,14H,11H2,1-3H3,(H,19,20). The van der Waals surface area contributed by atoms with Crippen molar-refractivity contribution in [2.24, 2.45) is 0 Å². The maximum absolute atomic E-state index is 12.1. The maximum Gasteiger partial charge on any atom is 0.261 e. The Balaban J connectivity index is 1.92. The number of aromatic nitrogens is 1. The average molecular weight is 284 g/mol. The number of carbonyl (C=O) groups excluding carboxylic acids is 1. The van der Waals surface area contributed by atoms with Gasteiger partial charge >= 0.3 is 0 Å². The number of rotatable bonds is 5. The first kappa shape index (κ1) is 15.0. The Labute approximate surface area is 125 Å². The first-order valence-corrected chi connectivity index (χ1v) is 6.97. The van der Waals surface area contributed by atoms with Gasteiger partial charge in [0.1, 0.15) is 5.75 Å². The summed E-state index contributed by atoms with van der Waals surface area (Å²) in [5.41, 5.74) is 3.22. The van der Waals surface area contributed by atoms with Crippen molar-refractivity contribution in [1.82, 2.24) is 10.3 Å². The molecule has 0 radical (unpaired) electrons. The van der Waals surface area contributed by atoms with Gasteiger partial charge in [-0.25, -0.2) is 0 Å². The van der Waals surface area contributed by atoms with Crippen molar-refractivity contribution >= 4 is 5.91 Å². The molecule has 0 spiro atoms. The highest BCUT2D eigenvalue weighted by molar-refractivity contribution is 5.80. The molecule has 1 heterocycles. The van der Waals surface area contributed by atoms with Gasteiger partial charge in [0.15, 0.2) is 6.10 Å². The van der Waals surface area contributed by atoms with E-state index in [1.165, 1.54) is 0 Å². The van der Waals surface area contributed by atoms with Crippen molar-refractivity contribution in [3.8, 4) is 5.75 Å². The second-order valence-electron chi connectivity index (χ2n) is 5.03. The van der Waals surface area contributed by atoms with Crippen LogP contribution in [-0.4, -0.2) is 17.0 Å². The monoisotopic (exact) mass is 284 g/mol. The summed E-state index contributed by atoms with van der Waals surface area (Å²) >= 11 is 0. The number of aryl methyl sites for hydroxylation is 1. The summed E-state index contributed by atoms with van der Waals surface area (Å²) in [4.78, 5) is 16.0. The highest BCUT2D eigenvalue weighted by Gasteiger charge is 2.15. The second-order valence-corrected chi connectivity index (χ2v) is 5.03. The van der Waals surface area contributed by atoms with Crippen LogP contribution >= 0.6 is 0 Å². The predicted molar refractivity (Wildman–Crippen MR) is 82.1 cm³/mol. The van der Waals surface area contributed by atoms with E-state index in [2.05, 4.69) is 10.3 Å². The van der Waals surface area contributed by atoms with Crippen molar-refractivity contribution in [2.75, 3.05) is 0 Å². The molecule has 1 unspecified atom stereocenters. The molecule has 0 aliphatic heterocycles. The summed E-state index contributed by atoms with van der Waals surface area (Å²) in [6.07, 6.45) is 2.88. The van der Waals surface area contributed by atoms with Crippen LogP contribution in [0.25, 0.3) is 0 Å². The van der Waals surface area contributed by atoms with E-state index >= 15 is 0 Å². The number of nitrogens with zero attached hydrogens (tertiary/aromatic N) is 1. The molecule has 0 fully saturated rings. The highest BCUT2D eigenvalue weighted by atomic mass is 16.5. The summed E-state index contributed by atoms with van der Waals surface area (Å²) in [6.45, 7) is 6.24. The van der Waals surface area contributed by atoms with Gasteiger partial charge in [-0.2, -0.15) is 0 Å². The van der Waals surface area contributed by atoms with E-state index in [0.29, 0.717) is 6.54 Å². The summed E-state index contributed by atoms with van der Waals surface area (Å²) < 4.78 is 5.75. The van der Waals surface area contributed by atoms with Crippen molar-refractivity contribution in [3.63, 3.8) is 0 Å². The smallest absolute Gasteiger partial charge is 0.261 e.